The molecule has 0 aliphatic heterocycles. The van der Waals surface area contributed by atoms with Gasteiger partial charge < -0.3 is 10.4 Å². The highest BCUT2D eigenvalue weighted by molar-refractivity contribution is 5.95. The molecule has 0 spiro atoms. The van der Waals surface area contributed by atoms with Crippen LogP contribution < -0.4 is 5.32 Å². The van der Waals surface area contributed by atoms with Crippen molar-refractivity contribution in [3.05, 3.63) is 29.3 Å². The van der Waals surface area contributed by atoms with Crippen molar-refractivity contribution in [1.82, 2.24) is 0 Å². The lowest BCUT2D eigenvalue weighted by Crippen LogP contribution is -2.12. The molecule has 1 rings (SSSR count). The summed E-state index contributed by atoms with van der Waals surface area (Å²) in [5, 5.41) is 11.5. The zero-order valence-corrected chi connectivity index (χ0v) is 8.70. The van der Waals surface area contributed by atoms with Crippen molar-refractivity contribution >= 4 is 17.6 Å². The molecular weight excluding hydrogens is 194 g/mol. The Morgan fingerprint density at radius 1 is 1.40 bits per heavy atom. The standard InChI is InChI=1S/C11H13NO3/c1-3-10(13)12-9-6-4-5-8(7(9)2)11(14)15/h4-6H,3H2,1-2H3,(H,12,13)(H,14,15). The van der Waals surface area contributed by atoms with E-state index in [0.29, 0.717) is 17.7 Å². The molecule has 1 amide bonds. The summed E-state index contributed by atoms with van der Waals surface area (Å²) in [6.07, 6.45) is 0.372. The van der Waals surface area contributed by atoms with Crippen molar-refractivity contribution in [1.29, 1.82) is 0 Å². The van der Waals surface area contributed by atoms with E-state index in [4.69, 9.17) is 5.11 Å². The highest BCUT2D eigenvalue weighted by Gasteiger charge is 2.10. The number of rotatable bonds is 3. The third-order valence-corrected chi connectivity index (χ3v) is 2.16. The third kappa shape index (κ3) is 2.56. The third-order valence-electron chi connectivity index (χ3n) is 2.16. The monoisotopic (exact) mass is 207 g/mol. The summed E-state index contributed by atoms with van der Waals surface area (Å²) >= 11 is 0. The number of carbonyl (C=O) groups excluding carboxylic acids is 1. The highest BCUT2D eigenvalue weighted by Crippen LogP contribution is 2.18. The van der Waals surface area contributed by atoms with E-state index in [1.807, 2.05) is 0 Å². The van der Waals surface area contributed by atoms with E-state index < -0.39 is 5.97 Å². The van der Waals surface area contributed by atoms with Crippen molar-refractivity contribution in [3.8, 4) is 0 Å². The van der Waals surface area contributed by atoms with E-state index in [9.17, 15) is 9.59 Å². The topological polar surface area (TPSA) is 66.4 Å². The molecule has 4 nitrogen and oxygen atoms in total. The maximum atomic E-state index is 11.2. The second-order valence-electron chi connectivity index (χ2n) is 3.19. The maximum absolute atomic E-state index is 11.2. The van der Waals surface area contributed by atoms with Crippen molar-refractivity contribution < 1.29 is 14.7 Å². The molecule has 0 aromatic heterocycles. The van der Waals surface area contributed by atoms with Gasteiger partial charge in [-0.05, 0) is 24.6 Å². The number of benzene rings is 1. The second kappa shape index (κ2) is 4.59. The summed E-state index contributed by atoms with van der Waals surface area (Å²) in [4.78, 5) is 22.0. The molecule has 0 atom stereocenters. The molecule has 0 aliphatic rings. The summed E-state index contributed by atoms with van der Waals surface area (Å²) in [7, 11) is 0. The van der Waals surface area contributed by atoms with Gasteiger partial charge in [0.15, 0.2) is 0 Å². The molecule has 0 fully saturated rings. The molecule has 4 heteroatoms. The van der Waals surface area contributed by atoms with Crippen molar-refractivity contribution in [2.24, 2.45) is 0 Å². The largest absolute Gasteiger partial charge is 0.478 e. The Morgan fingerprint density at radius 2 is 2.07 bits per heavy atom. The predicted octanol–water partition coefficient (Wildman–Crippen LogP) is 2.04. The van der Waals surface area contributed by atoms with E-state index in [1.165, 1.54) is 6.07 Å². The fourth-order valence-corrected chi connectivity index (χ4v) is 1.24. The van der Waals surface area contributed by atoms with Crippen LogP contribution in [0.1, 0.15) is 29.3 Å². The quantitative estimate of drug-likeness (QED) is 0.797. The van der Waals surface area contributed by atoms with Crippen LogP contribution in [-0.2, 0) is 4.79 Å². The number of carboxylic acid groups (broad SMARTS) is 1. The van der Waals surface area contributed by atoms with Gasteiger partial charge in [0.1, 0.15) is 0 Å². The number of nitrogens with one attached hydrogen (secondary N) is 1. The van der Waals surface area contributed by atoms with Gasteiger partial charge in [-0.3, -0.25) is 4.79 Å². The molecule has 0 unspecified atom stereocenters. The normalized spacial score (nSPS) is 9.73. The average molecular weight is 207 g/mol. The lowest BCUT2D eigenvalue weighted by Gasteiger charge is -2.09. The van der Waals surface area contributed by atoms with Crippen molar-refractivity contribution in [2.45, 2.75) is 20.3 Å². The summed E-state index contributed by atoms with van der Waals surface area (Å²) in [6.45, 7) is 3.42. The lowest BCUT2D eigenvalue weighted by molar-refractivity contribution is -0.115. The number of hydrogen-bond acceptors (Lipinski definition) is 2. The van der Waals surface area contributed by atoms with E-state index in [0.717, 1.165) is 0 Å². The number of amides is 1. The Bertz CT molecular complexity index is 399. The molecule has 0 aliphatic carbocycles. The minimum atomic E-state index is -0.986. The Hall–Kier alpha value is -1.84. The molecular formula is C11H13NO3. The van der Waals surface area contributed by atoms with Crippen LogP contribution in [0, 0.1) is 6.92 Å². The molecule has 0 bridgehead atoms. The van der Waals surface area contributed by atoms with Gasteiger partial charge in [0.05, 0.1) is 5.56 Å². The first kappa shape index (κ1) is 11.2. The molecule has 0 saturated heterocycles. The molecule has 2 N–H and O–H groups in total. The van der Waals surface area contributed by atoms with Gasteiger partial charge >= 0.3 is 5.97 Å². The maximum Gasteiger partial charge on any atom is 0.336 e. The Labute approximate surface area is 87.9 Å². The molecule has 0 saturated carbocycles. The van der Waals surface area contributed by atoms with Crippen LogP contribution >= 0.6 is 0 Å². The van der Waals surface area contributed by atoms with Crippen LogP contribution in [0.25, 0.3) is 0 Å². The van der Waals surface area contributed by atoms with Gasteiger partial charge in [0.25, 0.3) is 0 Å². The summed E-state index contributed by atoms with van der Waals surface area (Å²) < 4.78 is 0. The van der Waals surface area contributed by atoms with E-state index in [-0.39, 0.29) is 11.5 Å². The first-order valence-electron chi connectivity index (χ1n) is 4.69. The molecule has 15 heavy (non-hydrogen) atoms. The van der Waals surface area contributed by atoms with Crippen LogP contribution in [0.3, 0.4) is 0 Å². The van der Waals surface area contributed by atoms with Crippen molar-refractivity contribution in [2.75, 3.05) is 5.32 Å². The Balaban J connectivity index is 3.04. The van der Waals surface area contributed by atoms with Crippen LogP contribution in [0.4, 0.5) is 5.69 Å². The van der Waals surface area contributed by atoms with Crippen LogP contribution in [-0.4, -0.2) is 17.0 Å². The fraction of sp³-hybridized carbons (Fsp3) is 0.273. The predicted molar refractivity (Wildman–Crippen MR) is 57.1 cm³/mol. The number of aromatic carboxylic acids is 1. The van der Waals surface area contributed by atoms with Gasteiger partial charge in [-0.2, -0.15) is 0 Å². The minimum Gasteiger partial charge on any atom is -0.478 e. The first-order valence-corrected chi connectivity index (χ1v) is 4.69. The van der Waals surface area contributed by atoms with Crippen molar-refractivity contribution in [3.63, 3.8) is 0 Å². The molecule has 1 aromatic rings. The summed E-state index contributed by atoms with van der Waals surface area (Å²) in [5.74, 6) is -1.11. The first-order chi connectivity index (χ1) is 7.06. The van der Waals surface area contributed by atoms with Crippen LogP contribution in [0.15, 0.2) is 18.2 Å². The number of carbonyl (C=O) groups is 2. The van der Waals surface area contributed by atoms with Crippen LogP contribution in [0.5, 0.6) is 0 Å². The summed E-state index contributed by atoms with van der Waals surface area (Å²) in [6, 6.07) is 4.82. The second-order valence-corrected chi connectivity index (χ2v) is 3.19. The highest BCUT2D eigenvalue weighted by atomic mass is 16.4. The number of carboxylic acids is 1. The molecule has 0 radical (unpaired) electrons. The molecule has 80 valence electrons. The van der Waals surface area contributed by atoms with E-state index in [2.05, 4.69) is 5.32 Å². The van der Waals surface area contributed by atoms with E-state index >= 15 is 0 Å². The zero-order valence-electron chi connectivity index (χ0n) is 8.70. The SMILES string of the molecule is CCC(=O)Nc1cccc(C(=O)O)c1C. The zero-order chi connectivity index (χ0) is 11.4. The Kier molecular flexibility index (Phi) is 3.44. The van der Waals surface area contributed by atoms with Gasteiger partial charge in [-0.1, -0.05) is 13.0 Å². The molecule has 0 heterocycles. The van der Waals surface area contributed by atoms with Crippen LogP contribution in [0.2, 0.25) is 0 Å². The fourth-order valence-electron chi connectivity index (χ4n) is 1.24. The van der Waals surface area contributed by atoms with Gasteiger partial charge in [-0.25, -0.2) is 4.79 Å². The number of anilines is 1. The smallest absolute Gasteiger partial charge is 0.336 e. The van der Waals surface area contributed by atoms with Gasteiger partial charge in [-0.15, -0.1) is 0 Å². The molecule has 1 aromatic carbocycles. The average Bonchev–Trinajstić information content (AvgIpc) is 2.20. The Morgan fingerprint density at radius 3 is 2.60 bits per heavy atom. The lowest BCUT2D eigenvalue weighted by atomic mass is 10.1. The van der Waals surface area contributed by atoms with Gasteiger partial charge in [0, 0.05) is 12.1 Å². The minimum absolute atomic E-state index is 0.124. The van der Waals surface area contributed by atoms with Gasteiger partial charge in [0.2, 0.25) is 5.91 Å². The number of hydrogen-bond donors (Lipinski definition) is 2. The summed E-state index contributed by atoms with van der Waals surface area (Å²) in [5.41, 5.74) is 1.34. The van der Waals surface area contributed by atoms with E-state index in [1.54, 1.807) is 26.0 Å².